The van der Waals surface area contributed by atoms with E-state index in [4.69, 9.17) is 16.3 Å². The molecule has 218 valence electrons. The third kappa shape index (κ3) is 4.24. The number of fused-ring (bicyclic) bond motifs is 2. The average Bonchev–Trinajstić information content (AvgIpc) is 3.34. The Kier molecular flexibility index (Phi) is 6.92. The molecular weight excluding hydrogens is 566 g/mol. The summed E-state index contributed by atoms with van der Waals surface area (Å²) in [6.07, 6.45) is 6.60. The van der Waals surface area contributed by atoms with Crippen LogP contribution < -0.4 is 9.80 Å². The maximum absolute atomic E-state index is 14.8. The van der Waals surface area contributed by atoms with Gasteiger partial charge >= 0.3 is 0 Å². The van der Waals surface area contributed by atoms with Gasteiger partial charge in [0.1, 0.15) is 11.6 Å². The lowest BCUT2D eigenvalue weighted by Crippen LogP contribution is -2.56. The molecule has 4 heterocycles. The Morgan fingerprint density at radius 1 is 0.837 bits per heavy atom. The molecule has 3 aromatic carbocycles. The normalized spacial score (nSPS) is 28.8. The van der Waals surface area contributed by atoms with Crippen LogP contribution in [0.3, 0.4) is 0 Å². The molecule has 3 amide bonds. The maximum Gasteiger partial charge on any atom is 0.253 e. The number of aliphatic hydroxyl groups excluding tert-OH is 1. The molecule has 7 rings (SSSR count). The smallest absolute Gasteiger partial charge is 0.253 e. The van der Waals surface area contributed by atoms with E-state index >= 15 is 0 Å². The van der Waals surface area contributed by atoms with Crippen molar-refractivity contribution in [2.75, 3.05) is 29.5 Å². The van der Waals surface area contributed by atoms with Crippen LogP contribution in [0.4, 0.5) is 11.4 Å². The van der Waals surface area contributed by atoms with Crippen LogP contribution in [0.1, 0.15) is 11.6 Å². The van der Waals surface area contributed by atoms with Crippen molar-refractivity contribution in [1.29, 1.82) is 0 Å². The van der Waals surface area contributed by atoms with Crippen molar-refractivity contribution in [3.63, 3.8) is 0 Å². The van der Waals surface area contributed by atoms with E-state index in [0.29, 0.717) is 28.5 Å². The minimum Gasteiger partial charge on any atom is -0.394 e. The van der Waals surface area contributed by atoms with Crippen LogP contribution in [-0.4, -0.2) is 65.2 Å². The monoisotopic (exact) mass is 595 g/mol. The molecule has 2 saturated heterocycles. The van der Waals surface area contributed by atoms with E-state index in [0.717, 1.165) is 0 Å². The number of para-hydroxylation sites is 2. The van der Waals surface area contributed by atoms with E-state index in [1.54, 1.807) is 40.1 Å². The van der Waals surface area contributed by atoms with Gasteiger partial charge in [-0.25, -0.2) is 0 Å². The van der Waals surface area contributed by atoms with Gasteiger partial charge in [0.05, 0.1) is 41.3 Å². The van der Waals surface area contributed by atoms with Gasteiger partial charge in [0.2, 0.25) is 11.8 Å². The van der Waals surface area contributed by atoms with Crippen LogP contribution in [0.5, 0.6) is 0 Å². The molecule has 4 aliphatic rings. The van der Waals surface area contributed by atoms with Crippen molar-refractivity contribution in [3.05, 3.63) is 120 Å². The quantitative estimate of drug-likeness (QED) is 0.448. The fourth-order valence-electron chi connectivity index (χ4n) is 7.17. The Hall–Kier alpha value is -4.24. The van der Waals surface area contributed by atoms with Gasteiger partial charge in [-0.3, -0.25) is 14.4 Å². The molecule has 43 heavy (non-hydrogen) atoms. The Balaban J connectivity index is 1.38. The third-order valence-electron chi connectivity index (χ3n) is 9.00. The number of ether oxygens (including phenoxy) is 1. The summed E-state index contributed by atoms with van der Waals surface area (Å²) in [5, 5.41) is 11.1. The molecule has 6 atom stereocenters. The SMILES string of the molecule is O=C1[C@@H]2[C@H]3C(=O)N([C@H](CO)c4ccccc4)C4C(=O)N(c5ccccc5Cl)CC=C[C@@]43O[C@@H]2C=CCN1c1ccccc1. The predicted molar refractivity (Wildman–Crippen MR) is 162 cm³/mol. The zero-order chi connectivity index (χ0) is 29.7. The molecule has 1 spiro atoms. The second-order valence-corrected chi connectivity index (χ2v) is 11.6. The summed E-state index contributed by atoms with van der Waals surface area (Å²) in [7, 11) is 0. The van der Waals surface area contributed by atoms with Crippen LogP contribution in [0.2, 0.25) is 5.02 Å². The first kappa shape index (κ1) is 27.6. The number of nitrogens with zero attached hydrogens (tertiary/aromatic N) is 3. The van der Waals surface area contributed by atoms with E-state index in [9.17, 15) is 19.5 Å². The molecule has 9 heteroatoms. The van der Waals surface area contributed by atoms with Crippen molar-refractivity contribution < 1.29 is 24.2 Å². The van der Waals surface area contributed by atoms with Crippen LogP contribution in [-0.2, 0) is 19.1 Å². The zero-order valence-corrected chi connectivity index (χ0v) is 24.0. The lowest BCUT2D eigenvalue weighted by atomic mass is 9.77. The number of hydrogen-bond donors (Lipinski definition) is 1. The number of hydrogen-bond acceptors (Lipinski definition) is 5. The van der Waals surface area contributed by atoms with E-state index in [1.807, 2.05) is 78.9 Å². The lowest BCUT2D eigenvalue weighted by molar-refractivity contribution is -0.144. The number of rotatable bonds is 5. The van der Waals surface area contributed by atoms with Crippen molar-refractivity contribution in [1.82, 2.24) is 4.90 Å². The number of anilines is 2. The zero-order valence-electron chi connectivity index (χ0n) is 23.2. The van der Waals surface area contributed by atoms with Crippen molar-refractivity contribution in [2.24, 2.45) is 11.8 Å². The molecular formula is C34H30ClN3O5. The number of likely N-dealkylation sites (tertiary alicyclic amines) is 1. The Morgan fingerprint density at radius 3 is 2.23 bits per heavy atom. The standard InChI is InChI=1S/C34H30ClN3O5/c35-24-15-7-8-16-25(24)37-20-10-18-34-29(28-27(43-34)17-9-19-36(31(28)40)23-13-5-2-6-14-23)32(41)38(30(34)33(37)42)26(21-39)22-11-3-1-4-12-22/h1-18,26-30,39H,19-21H2/t26-,27-,28+,29+,30?,34+/m1/s1. The number of carbonyl (C=O) groups excluding carboxylic acids is 3. The first-order chi connectivity index (χ1) is 21.0. The largest absolute Gasteiger partial charge is 0.394 e. The molecule has 0 saturated carbocycles. The first-order valence-corrected chi connectivity index (χ1v) is 14.8. The van der Waals surface area contributed by atoms with Gasteiger partial charge in [0.25, 0.3) is 5.91 Å². The summed E-state index contributed by atoms with van der Waals surface area (Å²) in [6.45, 7) is 0.109. The molecule has 8 nitrogen and oxygen atoms in total. The highest BCUT2D eigenvalue weighted by Gasteiger charge is 2.72. The Morgan fingerprint density at radius 2 is 1.51 bits per heavy atom. The Bertz CT molecular complexity index is 1630. The number of carbonyl (C=O) groups is 3. The molecule has 1 N–H and O–H groups in total. The van der Waals surface area contributed by atoms with Crippen LogP contribution >= 0.6 is 11.6 Å². The van der Waals surface area contributed by atoms with Crippen LogP contribution in [0.25, 0.3) is 0 Å². The summed E-state index contributed by atoms with van der Waals surface area (Å²) >= 11 is 6.56. The number of amides is 3. The van der Waals surface area contributed by atoms with Crippen LogP contribution in [0.15, 0.2) is 109 Å². The highest BCUT2D eigenvalue weighted by atomic mass is 35.5. The van der Waals surface area contributed by atoms with Gasteiger partial charge in [-0.05, 0) is 29.8 Å². The molecule has 4 aliphatic heterocycles. The predicted octanol–water partition coefficient (Wildman–Crippen LogP) is 4.16. The van der Waals surface area contributed by atoms with E-state index in [1.165, 1.54) is 4.90 Å². The molecule has 0 aromatic heterocycles. The molecule has 3 aromatic rings. The van der Waals surface area contributed by atoms with E-state index < -0.39 is 54.0 Å². The second-order valence-electron chi connectivity index (χ2n) is 11.2. The highest BCUT2D eigenvalue weighted by molar-refractivity contribution is 6.34. The van der Waals surface area contributed by atoms with Crippen LogP contribution in [0, 0.1) is 11.8 Å². The maximum atomic E-state index is 14.8. The topological polar surface area (TPSA) is 90.4 Å². The van der Waals surface area contributed by atoms with Gasteiger partial charge in [-0.2, -0.15) is 0 Å². The second kappa shape index (κ2) is 10.8. The third-order valence-corrected chi connectivity index (χ3v) is 9.32. The van der Waals surface area contributed by atoms with Gasteiger partial charge in [-0.1, -0.05) is 96.6 Å². The van der Waals surface area contributed by atoms with Crippen molar-refractivity contribution in [2.45, 2.75) is 23.8 Å². The van der Waals surface area contributed by atoms with E-state index in [-0.39, 0.29) is 12.5 Å². The fraction of sp³-hybridized carbons (Fsp3) is 0.265. The number of halogens is 1. The molecule has 0 radical (unpaired) electrons. The summed E-state index contributed by atoms with van der Waals surface area (Å²) < 4.78 is 6.77. The summed E-state index contributed by atoms with van der Waals surface area (Å²) in [5.41, 5.74) is 0.452. The van der Waals surface area contributed by atoms with Gasteiger partial charge in [0.15, 0.2) is 0 Å². The molecule has 0 bridgehead atoms. The molecule has 2 fully saturated rings. The molecule has 0 aliphatic carbocycles. The summed E-state index contributed by atoms with van der Waals surface area (Å²) in [5.74, 6) is -2.91. The summed E-state index contributed by atoms with van der Waals surface area (Å²) in [4.78, 5) is 48.5. The summed E-state index contributed by atoms with van der Waals surface area (Å²) in [6, 6.07) is 23.5. The van der Waals surface area contributed by atoms with Gasteiger partial charge in [0, 0.05) is 18.8 Å². The molecule has 1 unspecified atom stereocenters. The fourth-order valence-corrected chi connectivity index (χ4v) is 7.41. The number of benzene rings is 3. The lowest BCUT2D eigenvalue weighted by Gasteiger charge is -2.38. The first-order valence-electron chi connectivity index (χ1n) is 14.4. The van der Waals surface area contributed by atoms with Gasteiger partial charge in [-0.15, -0.1) is 0 Å². The highest BCUT2D eigenvalue weighted by Crippen LogP contribution is 2.55. The van der Waals surface area contributed by atoms with Crippen molar-refractivity contribution in [3.8, 4) is 0 Å². The van der Waals surface area contributed by atoms with E-state index in [2.05, 4.69) is 0 Å². The minimum atomic E-state index is -1.44. The Labute approximate surface area is 254 Å². The minimum absolute atomic E-state index is 0.198. The average molecular weight is 596 g/mol. The van der Waals surface area contributed by atoms with Gasteiger partial charge < -0.3 is 24.5 Å². The van der Waals surface area contributed by atoms with Crippen molar-refractivity contribution >= 4 is 40.7 Å². The number of aliphatic hydroxyl groups is 1.